The van der Waals surface area contributed by atoms with Crippen LogP contribution < -0.4 is 10.1 Å². The highest BCUT2D eigenvalue weighted by Gasteiger charge is 2.34. The Morgan fingerprint density at radius 2 is 1.90 bits per heavy atom. The number of anilines is 1. The van der Waals surface area contributed by atoms with Gasteiger partial charge in [-0.05, 0) is 36.4 Å². The molecule has 1 fully saturated rings. The number of aliphatic imine (C=N–C) groups is 1. The minimum absolute atomic E-state index is 0.0329. The first-order valence-electron chi connectivity index (χ1n) is 8.68. The number of nitrogens with zero attached hydrogens (tertiary/aromatic N) is 2. The van der Waals surface area contributed by atoms with Gasteiger partial charge in [-0.3, -0.25) is 14.5 Å². The van der Waals surface area contributed by atoms with E-state index in [1.54, 1.807) is 19.2 Å². The van der Waals surface area contributed by atoms with Gasteiger partial charge in [-0.2, -0.15) is 0 Å². The van der Waals surface area contributed by atoms with E-state index < -0.39 is 11.2 Å². The van der Waals surface area contributed by atoms with Crippen LogP contribution >= 0.6 is 11.8 Å². The fourth-order valence-corrected chi connectivity index (χ4v) is 3.70. The molecular formula is C20H19N3O5S. The van der Waals surface area contributed by atoms with Crippen molar-refractivity contribution in [2.45, 2.75) is 11.7 Å². The first-order chi connectivity index (χ1) is 13.9. The van der Waals surface area contributed by atoms with E-state index in [4.69, 9.17) is 9.84 Å². The number of amides is 2. The number of carboxylic acids is 1. The molecule has 0 aliphatic carbocycles. The number of hydrogen-bond donors (Lipinski definition) is 2. The van der Waals surface area contributed by atoms with Gasteiger partial charge >= 0.3 is 5.97 Å². The number of carbonyl (C=O) groups excluding carboxylic acids is 2. The van der Waals surface area contributed by atoms with Crippen LogP contribution in [0.2, 0.25) is 0 Å². The second-order valence-corrected chi connectivity index (χ2v) is 7.37. The Bertz CT molecular complexity index is 974. The predicted molar refractivity (Wildman–Crippen MR) is 111 cm³/mol. The summed E-state index contributed by atoms with van der Waals surface area (Å²) in [5.41, 5.74) is 1.13. The van der Waals surface area contributed by atoms with Crippen LogP contribution in [0.1, 0.15) is 16.8 Å². The fraction of sp³-hybridized carbons (Fsp3) is 0.200. The summed E-state index contributed by atoms with van der Waals surface area (Å²) in [6.07, 6.45) is 0.0329. The van der Waals surface area contributed by atoms with Crippen molar-refractivity contribution in [1.82, 2.24) is 4.90 Å². The van der Waals surface area contributed by atoms with Crippen LogP contribution in [0.4, 0.5) is 11.4 Å². The summed E-state index contributed by atoms with van der Waals surface area (Å²) in [4.78, 5) is 41.9. The molecule has 2 aromatic carbocycles. The average Bonchev–Trinajstić information content (AvgIpc) is 2.72. The molecule has 1 saturated heterocycles. The molecular weight excluding hydrogens is 394 g/mol. The number of thioether (sulfide) groups is 1. The number of hydrogen-bond acceptors (Lipinski definition) is 6. The number of carboxylic acid groups (broad SMARTS) is 1. The average molecular weight is 413 g/mol. The second-order valence-electron chi connectivity index (χ2n) is 6.20. The molecule has 1 aliphatic heterocycles. The fourth-order valence-electron chi connectivity index (χ4n) is 2.64. The number of nitrogens with one attached hydrogen (secondary N) is 1. The lowest BCUT2D eigenvalue weighted by molar-refractivity contribution is -0.128. The third-order valence-corrected chi connectivity index (χ3v) is 5.50. The molecule has 2 aromatic rings. The Morgan fingerprint density at radius 3 is 2.55 bits per heavy atom. The van der Waals surface area contributed by atoms with E-state index >= 15 is 0 Å². The zero-order valence-corrected chi connectivity index (χ0v) is 16.6. The topological polar surface area (TPSA) is 108 Å². The van der Waals surface area contributed by atoms with Gasteiger partial charge in [0.1, 0.15) is 16.7 Å². The Labute approximate surface area is 171 Å². The Kier molecular flexibility index (Phi) is 6.18. The Hall–Kier alpha value is -3.33. The summed E-state index contributed by atoms with van der Waals surface area (Å²) >= 11 is 1.19. The lowest BCUT2D eigenvalue weighted by atomic mass is 10.2. The van der Waals surface area contributed by atoms with E-state index in [9.17, 15) is 14.4 Å². The normalized spacial score (nSPS) is 17.9. The van der Waals surface area contributed by atoms with Crippen LogP contribution in [0.5, 0.6) is 5.75 Å². The van der Waals surface area contributed by atoms with Crippen LogP contribution in [0.3, 0.4) is 0 Å². The smallest absolute Gasteiger partial charge is 0.335 e. The SMILES string of the molecule is COc1ccccc1N=C1S[C@@H](C(=O)Nc2ccc(C(=O)O)cc2)CC(=O)N1C. The van der Waals surface area contributed by atoms with Gasteiger partial charge in [0.2, 0.25) is 11.8 Å². The van der Waals surface area contributed by atoms with E-state index in [2.05, 4.69) is 10.3 Å². The monoisotopic (exact) mass is 413 g/mol. The van der Waals surface area contributed by atoms with Crippen molar-refractivity contribution in [3.63, 3.8) is 0 Å². The second kappa shape index (κ2) is 8.78. The molecule has 0 aromatic heterocycles. The lowest BCUT2D eigenvalue weighted by Gasteiger charge is -2.29. The van der Waals surface area contributed by atoms with Crippen molar-refractivity contribution in [3.05, 3.63) is 54.1 Å². The van der Waals surface area contributed by atoms with E-state index in [0.29, 0.717) is 22.3 Å². The van der Waals surface area contributed by atoms with Crippen molar-refractivity contribution in [2.75, 3.05) is 19.5 Å². The van der Waals surface area contributed by atoms with E-state index in [0.717, 1.165) is 0 Å². The highest BCUT2D eigenvalue weighted by molar-refractivity contribution is 8.15. The maximum Gasteiger partial charge on any atom is 0.335 e. The molecule has 9 heteroatoms. The molecule has 1 heterocycles. The van der Waals surface area contributed by atoms with Crippen molar-refractivity contribution in [2.24, 2.45) is 4.99 Å². The first kappa shape index (κ1) is 20.4. The van der Waals surface area contributed by atoms with Crippen LogP contribution in [-0.4, -0.2) is 52.4 Å². The molecule has 1 aliphatic rings. The highest BCUT2D eigenvalue weighted by atomic mass is 32.2. The van der Waals surface area contributed by atoms with Crippen molar-refractivity contribution < 1.29 is 24.2 Å². The molecule has 8 nitrogen and oxygen atoms in total. The van der Waals surface area contributed by atoms with Gasteiger partial charge in [0.15, 0.2) is 5.17 Å². The Morgan fingerprint density at radius 1 is 1.21 bits per heavy atom. The third kappa shape index (κ3) is 4.75. The summed E-state index contributed by atoms with van der Waals surface area (Å²) in [7, 11) is 3.15. The third-order valence-electron chi connectivity index (χ3n) is 4.26. The van der Waals surface area contributed by atoms with Crippen molar-refractivity contribution in [3.8, 4) is 5.75 Å². The van der Waals surface area contributed by atoms with E-state index in [1.165, 1.54) is 48.0 Å². The zero-order valence-electron chi connectivity index (χ0n) is 15.8. The number of amidine groups is 1. The molecule has 0 bridgehead atoms. The van der Waals surface area contributed by atoms with Gasteiger partial charge in [-0.25, -0.2) is 9.79 Å². The van der Waals surface area contributed by atoms with Gasteiger partial charge < -0.3 is 15.2 Å². The maximum atomic E-state index is 12.7. The number of rotatable bonds is 5. The molecule has 2 amide bonds. The summed E-state index contributed by atoms with van der Waals surface area (Å²) in [6.45, 7) is 0. The van der Waals surface area contributed by atoms with Crippen LogP contribution in [-0.2, 0) is 9.59 Å². The van der Waals surface area contributed by atoms with Gasteiger partial charge in [-0.15, -0.1) is 0 Å². The minimum Gasteiger partial charge on any atom is -0.494 e. The van der Waals surface area contributed by atoms with Crippen molar-refractivity contribution >= 4 is 46.1 Å². The summed E-state index contributed by atoms with van der Waals surface area (Å²) in [5, 5.41) is 11.4. The molecule has 2 N–H and O–H groups in total. The minimum atomic E-state index is -1.04. The largest absolute Gasteiger partial charge is 0.494 e. The van der Waals surface area contributed by atoms with Gasteiger partial charge in [0.05, 0.1) is 12.7 Å². The molecule has 0 radical (unpaired) electrons. The number of methoxy groups -OCH3 is 1. The molecule has 0 saturated carbocycles. The first-order valence-corrected chi connectivity index (χ1v) is 9.56. The van der Waals surface area contributed by atoms with E-state index in [1.807, 2.05) is 12.1 Å². The maximum absolute atomic E-state index is 12.7. The highest BCUT2D eigenvalue weighted by Crippen LogP contribution is 2.32. The number of para-hydroxylation sites is 2. The summed E-state index contributed by atoms with van der Waals surface area (Å²) in [5.74, 6) is -1.06. The summed E-state index contributed by atoms with van der Waals surface area (Å²) in [6, 6.07) is 13.0. The van der Waals surface area contributed by atoms with Crippen LogP contribution in [0.15, 0.2) is 53.5 Å². The van der Waals surface area contributed by atoms with Gasteiger partial charge in [-0.1, -0.05) is 23.9 Å². The number of ether oxygens (including phenoxy) is 1. The predicted octanol–water partition coefficient (Wildman–Crippen LogP) is 2.98. The van der Waals surface area contributed by atoms with Crippen molar-refractivity contribution in [1.29, 1.82) is 0 Å². The molecule has 1 atom stereocenters. The standard InChI is InChI=1S/C20H19N3O5S/c1-23-17(24)11-16(18(25)21-13-9-7-12(8-10-13)19(26)27)29-20(23)22-14-5-3-4-6-15(14)28-2/h3-10,16H,11H2,1-2H3,(H,21,25)(H,26,27)/t16-/m1/s1. The number of benzene rings is 2. The Balaban J connectivity index is 1.78. The molecule has 29 heavy (non-hydrogen) atoms. The number of aromatic carboxylic acids is 1. The van der Waals surface area contributed by atoms with E-state index in [-0.39, 0.29) is 23.8 Å². The zero-order chi connectivity index (χ0) is 21.0. The molecule has 0 unspecified atom stereocenters. The lowest BCUT2D eigenvalue weighted by Crippen LogP contribution is -2.43. The molecule has 0 spiro atoms. The molecule has 3 rings (SSSR count). The van der Waals surface area contributed by atoms with Crippen LogP contribution in [0, 0.1) is 0 Å². The molecule has 150 valence electrons. The van der Waals surface area contributed by atoms with Gasteiger partial charge in [0, 0.05) is 19.2 Å². The number of carbonyl (C=O) groups is 3. The summed E-state index contributed by atoms with van der Waals surface area (Å²) < 4.78 is 5.29. The van der Waals surface area contributed by atoms with Gasteiger partial charge in [0.25, 0.3) is 0 Å². The van der Waals surface area contributed by atoms with Crippen LogP contribution in [0.25, 0.3) is 0 Å². The quantitative estimate of drug-likeness (QED) is 0.780.